The van der Waals surface area contributed by atoms with Crippen molar-refractivity contribution in [2.75, 3.05) is 26.2 Å². The molecular formula is C17H25Cl3N4OS. The van der Waals surface area contributed by atoms with Crippen LogP contribution in [-0.4, -0.2) is 46.9 Å². The number of halogens is 3. The summed E-state index contributed by atoms with van der Waals surface area (Å²) in [6.45, 7) is 6.16. The molecule has 0 spiro atoms. The summed E-state index contributed by atoms with van der Waals surface area (Å²) in [7, 11) is 0. The van der Waals surface area contributed by atoms with Gasteiger partial charge < -0.3 is 10.6 Å². The molecular weight excluding hydrogens is 415 g/mol. The van der Waals surface area contributed by atoms with E-state index in [1.54, 1.807) is 11.3 Å². The molecule has 1 unspecified atom stereocenters. The maximum Gasteiger partial charge on any atom is 0.244 e. The number of benzene rings is 1. The Bertz CT molecular complexity index is 663. The van der Waals surface area contributed by atoms with Crippen molar-refractivity contribution in [2.45, 2.75) is 19.5 Å². The molecule has 3 rings (SSSR count). The van der Waals surface area contributed by atoms with E-state index in [-0.39, 0.29) is 43.1 Å². The van der Waals surface area contributed by atoms with Crippen molar-refractivity contribution in [3.05, 3.63) is 52.0 Å². The Morgan fingerprint density at radius 1 is 1.15 bits per heavy atom. The van der Waals surface area contributed by atoms with E-state index in [9.17, 15) is 4.79 Å². The van der Waals surface area contributed by atoms with E-state index < -0.39 is 6.04 Å². The summed E-state index contributed by atoms with van der Waals surface area (Å²) >= 11 is 1.74. The molecule has 9 heteroatoms. The average Bonchev–Trinajstić information content (AvgIpc) is 3.00. The van der Waals surface area contributed by atoms with Gasteiger partial charge in [0.05, 0.1) is 5.01 Å². The summed E-state index contributed by atoms with van der Waals surface area (Å²) in [5, 5.41) is 1.10. The number of amides is 1. The number of aromatic nitrogens is 1. The molecule has 1 aliphatic heterocycles. The topological polar surface area (TPSA) is 62.5 Å². The fraction of sp³-hybridized carbons (Fsp3) is 0.412. The minimum absolute atomic E-state index is 0. The van der Waals surface area contributed by atoms with Crippen LogP contribution in [0.5, 0.6) is 0 Å². The van der Waals surface area contributed by atoms with Gasteiger partial charge in [0.1, 0.15) is 6.04 Å². The van der Waals surface area contributed by atoms with Gasteiger partial charge >= 0.3 is 0 Å². The Labute approximate surface area is 177 Å². The highest BCUT2D eigenvalue weighted by molar-refractivity contribution is 7.11. The molecule has 0 bridgehead atoms. The minimum atomic E-state index is -0.563. The molecule has 5 nitrogen and oxygen atoms in total. The Kier molecular flexibility index (Phi) is 11.3. The lowest BCUT2D eigenvalue weighted by Gasteiger charge is -2.35. The van der Waals surface area contributed by atoms with Crippen molar-refractivity contribution in [1.82, 2.24) is 14.8 Å². The van der Waals surface area contributed by atoms with E-state index in [2.05, 4.69) is 9.88 Å². The van der Waals surface area contributed by atoms with E-state index in [1.165, 1.54) is 4.88 Å². The summed E-state index contributed by atoms with van der Waals surface area (Å²) in [5.74, 6) is 0.0180. The SMILES string of the molecule is Cc1ncc(CN2CCN(C(=O)C(N)c3ccccc3)CC2)s1.Cl.Cl.Cl. The Morgan fingerprint density at radius 3 is 2.31 bits per heavy atom. The van der Waals surface area contributed by atoms with Gasteiger partial charge in [-0.15, -0.1) is 48.6 Å². The van der Waals surface area contributed by atoms with Crippen LogP contribution in [0.25, 0.3) is 0 Å². The van der Waals surface area contributed by atoms with Crippen LogP contribution in [0.15, 0.2) is 36.5 Å². The molecule has 1 atom stereocenters. The van der Waals surface area contributed by atoms with E-state index >= 15 is 0 Å². The fourth-order valence-electron chi connectivity index (χ4n) is 2.82. The van der Waals surface area contributed by atoms with Gasteiger partial charge in [0.25, 0.3) is 0 Å². The number of nitrogens with zero attached hydrogens (tertiary/aromatic N) is 3. The molecule has 2 N–H and O–H groups in total. The lowest BCUT2D eigenvalue weighted by atomic mass is 10.1. The number of thiazole rings is 1. The summed E-state index contributed by atoms with van der Waals surface area (Å²) in [6.07, 6.45) is 1.95. The van der Waals surface area contributed by atoms with Gasteiger partial charge in [-0.1, -0.05) is 30.3 Å². The predicted molar refractivity (Wildman–Crippen MR) is 114 cm³/mol. The molecule has 1 saturated heterocycles. The van der Waals surface area contributed by atoms with Crippen molar-refractivity contribution in [3.63, 3.8) is 0 Å². The quantitative estimate of drug-likeness (QED) is 0.795. The number of carbonyl (C=O) groups excluding carboxylic acids is 1. The lowest BCUT2D eigenvalue weighted by molar-refractivity contribution is -0.134. The van der Waals surface area contributed by atoms with Crippen LogP contribution >= 0.6 is 48.6 Å². The predicted octanol–water partition coefficient (Wildman–Crippen LogP) is 3.06. The standard InChI is InChI=1S/C17H22N4OS.3ClH/c1-13-19-11-15(23-13)12-20-7-9-21(10-8-20)17(22)16(18)14-5-3-2-4-6-14;;;/h2-6,11,16H,7-10,12,18H2,1H3;3*1H. The molecule has 0 aliphatic carbocycles. The van der Waals surface area contributed by atoms with Gasteiger partial charge in [0, 0.05) is 43.8 Å². The number of piperazine rings is 1. The first kappa shape index (κ1) is 25.1. The molecule has 1 amide bonds. The number of aryl methyl sites for hydroxylation is 1. The second-order valence-electron chi connectivity index (χ2n) is 5.84. The minimum Gasteiger partial charge on any atom is -0.338 e. The van der Waals surface area contributed by atoms with Crippen molar-refractivity contribution >= 4 is 54.5 Å². The van der Waals surface area contributed by atoms with Crippen LogP contribution in [0.4, 0.5) is 0 Å². The number of carbonyl (C=O) groups is 1. The lowest BCUT2D eigenvalue weighted by Crippen LogP contribution is -2.50. The van der Waals surface area contributed by atoms with Gasteiger partial charge in [-0.2, -0.15) is 0 Å². The third-order valence-corrected chi connectivity index (χ3v) is 5.05. The Morgan fingerprint density at radius 2 is 1.77 bits per heavy atom. The first-order valence-electron chi connectivity index (χ1n) is 7.86. The van der Waals surface area contributed by atoms with E-state index in [0.29, 0.717) is 0 Å². The molecule has 2 heterocycles. The maximum absolute atomic E-state index is 12.5. The first-order chi connectivity index (χ1) is 11.1. The summed E-state index contributed by atoms with van der Waals surface area (Å²) < 4.78 is 0. The third kappa shape index (κ3) is 6.37. The highest BCUT2D eigenvalue weighted by Crippen LogP contribution is 2.17. The highest BCUT2D eigenvalue weighted by Gasteiger charge is 2.26. The van der Waals surface area contributed by atoms with Crippen LogP contribution in [0, 0.1) is 6.92 Å². The number of nitrogens with two attached hydrogens (primary N) is 1. The van der Waals surface area contributed by atoms with E-state index in [0.717, 1.165) is 43.3 Å². The third-order valence-electron chi connectivity index (χ3n) is 4.16. The first-order valence-corrected chi connectivity index (χ1v) is 8.68. The fourth-order valence-corrected chi connectivity index (χ4v) is 3.66. The smallest absolute Gasteiger partial charge is 0.244 e. The zero-order valence-electron chi connectivity index (χ0n) is 14.5. The van der Waals surface area contributed by atoms with E-state index in [4.69, 9.17) is 5.73 Å². The van der Waals surface area contributed by atoms with Crippen molar-refractivity contribution in [1.29, 1.82) is 0 Å². The van der Waals surface area contributed by atoms with Crippen molar-refractivity contribution in [3.8, 4) is 0 Å². The summed E-state index contributed by atoms with van der Waals surface area (Å²) in [5.41, 5.74) is 6.99. The number of hydrogen-bond acceptors (Lipinski definition) is 5. The molecule has 1 aromatic heterocycles. The van der Waals surface area contributed by atoms with Gasteiger partial charge in [0.2, 0.25) is 5.91 Å². The van der Waals surface area contributed by atoms with Crippen LogP contribution in [0.2, 0.25) is 0 Å². The molecule has 1 aliphatic rings. The largest absolute Gasteiger partial charge is 0.338 e. The zero-order chi connectivity index (χ0) is 16.2. The molecule has 1 fully saturated rings. The van der Waals surface area contributed by atoms with Crippen molar-refractivity contribution in [2.24, 2.45) is 5.73 Å². The van der Waals surface area contributed by atoms with Crippen LogP contribution in [0.1, 0.15) is 21.5 Å². The van der Waals surface area contributed by atoms with Crippen LogP contribution < -0.4 is 5.73 Å². The average molecular weight is 440 g/mol. The van der Waals surface area contributed by atoms with Crippen LogP contribution in [0.3, 0.4) is 0 Å². The number of hydrogen-bond donors (Lipinski definition) is 1. The van der Waals surface area contributed by atoms with Gasteiger partial charge in [-0.25, -0.2) is 4.98 Å². The molecule has 0 radical (unpaired) electrons. The van der Waals surface area contributed by atoms with E-state index in [1.807, 2.05) is 48.4 Å². The highest BCUT2D eigenvalue weighted by atomic mass is 35.5. The molecule has 146 valence electrons. The Balaban J connectivity index is 0.00000208. The second kappa shape index (κ2) is 11.7. The Hall–Kier alpha value is -0.890. The summed E-state index contributed by atoms with van der Waals surface area (Å²) in [4.78, 5) is 22.4. The van der Waals surface area contributed by atoms with Gasteiger partial charge in [-0.3, -0.25) is 9.69 Å². The van der Waals surface area contributed by atoms with Crippen molar-refractivity contribution < 1.29 is 4.79 Å². The van der Waals surface area contributed by atoms with Gasteiger partial charge in [0.15, 0.2) is 0 Å². The second-order valence-corrected chi connectivity index (χ2v) is 7.15. The molecule has 1 aromatic carbocycles. The summed E-state index contributed by atoms with van der Waals surface area (Å²) in [6, 6.07) is 9.01. The number of rotatable bonds is 4. The molecule has 0 saturated carbocycles. The monoisotopic (exact) mass is 438 g/mol. The van der Waals surface area contributed by atoms with Crippen LogP contribution in [-0.2, 0) is 11.3 Å². The zero-order valence-corrected chi connectivity index (χ0v) is 17.8. The van der Waals surface area contributed by atoms with Gasteiger partial charge in [-0.05, 0) is 12.5 Å². The maximum atomic E-state index is 12.5. The molecule has 2 aromatic rings. The normalized spacial score (nSPS) is 15.2. The molecule has 26 heavy (non-hydrogen) atoms.